The summed E-state index contributed by atoms with van der Waals surface area (Å²) in [6.45, 7) is 6.08. The van der Waals surface area contributed by atoms with Crippen molar-refractivity contribution >= 4 is 35.0 Å². The summed E-state index contributed by atoms with van der Waals surface area (Å²) in [4.78, 5) is 37.5. The molecule has 0 saturated carbocycles. The number of esters is 1. The molecule has 7 nitrogen and oxygen atoms in total. The lowest BCUT2D eigenvalue weighted by Gasteiger charge is -2.17. The van der Waals surface area contributed by atoms with Gasteiger partial charge in [-0.05, 0) is 54.4 Å². The summed E-state index contributed by atoms with van der Waals surface area (Å²) in [5.74, 6) is -0.0576. The van der Waals surface area contributed by atoms with Crippen LogP contribution in [0.25, 0.3) is 6.08 Å². The number of carbonyl (C=O) groups excluding carboxylic acids is 3. The fourth-order valence-electron chi connectivity index (χ4n) is 3.21. The SMILES string of the molecule is C=CCc1cc(/C=C2\SC(=O)N(CC(=O)OC)C2=O)cc(OCC)c1OCc1ccccc1. The van der Waals surface area contributed by atoms with Crippen LogP contribution in [-0.4, -0.2) is 42.3 Å². The molecular weight excluding hydrogens is 442 g/mol. The minimum absolute atomic E-state index is 0.217. The number of amides is 2. The quantitative estimate of drug-likeness (QED) is 0.287. The molecule has 2 amide bonds. The third-order valence-corrected chi connectivity index (χ3v) is 5.64. The van der Waals surface area contributed by atoms with Crippen LogP contribution in [0, 0.1) is 0 Å². The molecular formula is C25H25NO6S. The van der Waals surface area contributed by atoms with E-state index in [1.54, 1.807) is 18.2 Å². The van der Waals surface area contributed by atoms with Gasteiger partial charge in [-0.1, -0.05) is 36.4 Å². The zero-order valence-electron chi connectivity index (χ0n) is 18.5. The molecule has 1 fully saturated rings. The Labute approximate surface area is 197 Å². The van der Waals surface area contributed by atoms with Gasteiger partial charge < -0.3 is 14.2 Å². The second-order valence-electron chi connectivity index (χ2n) is 7.05. The Hall–Kier alpha value is -3.52. The van der Waals surface area contributed by atoms with Gasteiger partial charge in [0, 0.05) is 5.56 Å². The Kier molecular flexibility index (Phi) is 8.32. The Balaban J connectivity index is 1.92. The topological polar surface area (TPSA) is 82.1 Å². The van der Waals surface area contributed by atoms with E-state index in [2.05, 4.69) is 11.3 Å². The second-order valence-corrected chi connectivity index (χ2v) is 8.04. The largest absolute Gasteiger partial charge is 0.490 e. The maximum atomic E-state index is 12.7. The number of hydrogen-bond donors (Lipinski definition) is 0. The average molecular weight is 468 g/mol. The predicted octanol–water partition coefficient (Wildman–Crippen LogP) is 4.60. The van der Waals surface area contributed by atoms with E-state index in [1.807, 2.05) is 43.3 Å². The zero-order chi connectivity index (χ0) is 23.8. The molecule has 8 heteroatoms. The molecule has 0 radical (unpaired) electrons. The predicted molar refractivity (Wildman–Crippen MR) is 127 cm³/mol. The maximum Gasteiger partial charge on any atom is 0.325 e. The smallest absolute Gasteiger partial charge is 0.325 e. The Morgan fingerprint density at radius 3 is 2.58 bits per heavy atom. The van der Waals surface area contributed by atoms with E-state index in [4.69, 9.17) is 9.47 Å². The van der Waals surface area contributed by atoms with Gasteiger partial charge >= 0.3 is 5.97 Å². The average Bonchev–Trinajstić information content (AvgIpc) is 3.06. The summed E-state index contributed by atoms with van der Waals surface area (Å²) in [6.07, 6.45) is 3.89. The summed E-state index contributed by atoms with van der Waals surface area (Å²) < 4.78 is 16.5. The summed E-state index contributed by atoms with van der Waals surface area (Å²) >= 11 is 0.778. The van der Waals surface area contributed by atoms with Crippen molar-refractivity contribution in [3.8, 4) is 11.5 Å². The van der Waals surface area contributed by atoms with Gasteiger partial charge in [0.25, 0.3) is 11.1 Å². The molecule has 3 rings (SSSR count). The highest BCUT2D eigenvalue weighted by Gasteiger charge is 2.36. The number of ether oxygens (including phenoxy) is 3. The maximum absolute atomic E-state index is 12.7. The molecule has 1 aliphatic heterocycles. The van der Waals surface area contributed by atoms with Gasteiger partial charge in [-0.25, -0.2) is 0 Å². The second kappa shape index (κ2) is 11.4. The lowest BCUT2D eigenvalue weighted by Crippen LogP contribution is -2.34. The van der Waals surface area contributed by atoms with Crippen LogP contribution in [0.15, 0.2) is 60.0 Å². The number of carbonyl (C=O) groups is 3. The highest BCUT2D eigenvalue weighted by molar-refractivity contribution is 8.18. The minimum Gasteiger partial charge on any atom is -0.490 e. The molecule has 2 aromatic rings. The van der Waals surface area contributed by atoms with Crippen LogP contribution in [-0.2, 0) is 27.4 Å². The molecule has 0 atom stereocenters. The van der Waals surface area contributed by atoms with Gasteiger partial charge in [0.2, 0.25) is 0 Å². The van der Waals surface area contributed by atoms with E-state index in [9.17, 15) is 14.4 Å². The van der Waals surface area contributed by atoms with Crippen molar-refractivity contribution in [2.45, 2.75) is 20.0 Å². The molecule has 0 aliphatic carbocycles. The van der Waals surface area contributed by atoms with Crippen molar-refractivity contribution in [2.24, 2.45) is 0 Å². The summed E-state index contributed by atoms with van der Waals surface area (Å²) in [6, 6.07) is 13.4. The molecule has 0 unspecified atom stereocenters. The zero-order valence-corrected chi connectivity index (χ0v) is 19.4. The van der Waals surface area contributed by atoms with Gasteiger partial charge in [-0.2, -0.15) is 0 Å². The number of hydrogen-bond acceptors (Lipinski definition) is 7. The van der Waals surface area contributed by atoms with Crippen molar-refractivity contribution in [3.05, 3.63) is 76.7 Å². The number of rotatable bonds is 10. The van der Waals surface area contributed by atoms with Crippen LogP contribution in [0.1, 0.15) is 23.6 Å². The third-order valence-electron chi connectivity index (χ3n) is 4.73. The molecule has 1 aliphatic rings. The van der Waals surface area contributed by atoms with Crippen LogP contribution in [0.5, 0.6) is 11.5 Å². The number of benzene rings is 2. The number of thioether (sulfide) groups is 1. The van der Waals surface area contributed by atoms with E-state index in [1.165, 1.54) is 7.11 Å². The molecule has 1 heterocycles. The minimum atomic E-state index is -0.662. The standard InChI is InChI=1S/C25H25NO6S/c1-4-9-19-12-18(14-21-24(28)26(25(29)33-21)15-22(27)30-3)13-20(31-5-2)23(19)32-16-17-10-7-6-8-11-17/h4,6-8,10-14H,1,5,9,15-16H2,2-3H3/b21-14-. The lowest BCUT2D eigenvalue weighted by atomic mass is 10.0. The van der Waals surface area contributed by atoms with Crippen molar-refractivity contribution in [2.75, 3.05) is 20.3 Å². The first-order valence-corrected chi connectivity index (χ1v) is 11.2. The van der Waals surface area contributed by atoms with Crippen LogP contribution in [0.3, 0.4) is 0 Å². The van der Waals surface area contributed by atoms with E-state index in [0.29, 0.717) is 36.7 Å². The lowest BCUT2D eigenvalue weighted by molar-refractivity contribution is -0.143. The summed E-state index contributed by atoms with van der Waals surface area (Å²) in [5, 5.41) is -0.518. The Morgan fingerprint density at radius 2 is 1.91 bits per heavy atom. The van der Waals surface area contributed by atoms with Crippen molar-refractivity contribution in [1.29, 1.82) is 0 Å². The fraction of sp³-hybridized carbons (Fsp3) is 0.240. The van der Waals surface area contributed by atoms with Crippen molar-refractivity contribution in [1.82, 2.24) is 4.90 Å². The van der Waals surface area contributed by atoms with Crippen LogP contribution >= 0.6 is 11.8 Å². The van der Waals surface area contributed by atoms with E-state index < -0.39 is 23.7 Å². The summed E-state index contributed by atoms with van der Waals surface area (Å²) in [5.41, 5.74) is 2.53. The first-order chi connectivity index (χ1) is 16.0. The van der Waals surface area contributed by atoms with Crippen LogP contribution in [0.2, 0.25) is 0 Å². The molecule has 1 saturated heterocycles. The molecule has 0 aromatic heterocycles. The van der Waals surface area contributed by atoms with Gasteiger partial charge in [-0.15, -0.1) is 6.58 Å². The van der Waals surface area contributed by atoms with Gasteiger partial charge in [0.15, 0.2) is 11.5 Å². The highest BCUT2D eigenvalue weighted by atomic mass is 32.2. The monoisotopic (exact) mass is 467 g/mol. The molecule has 0 N–H and O–H groups in total. The number of methoxy groups -OCH3 is 1. The van der Waals surface area contributed by atoms with Crippen molar-refractivity contribution < 1.29 is 28.6 Å². The first-order valence-electron chi connectivity index (χ1n) is 10.4. The van der Waals surface area contributed by atoms with Crippen molar-refractivity contribution in [3.63, 3.8) is 0 Å². The van der Waals surface area contributed by atoms with Crippen LogP contribution in [0.4, 0.5) is 4.79 Å². The van der Waals surface area contributed by atoms with E-state index in [0.717, 1.165) is 27.8 Å². The summed E-state index contributed by atoms with van der Waals surface area (Å²) in [7, 11) is 1.20. The molecule has 0 spiro atoms. The number of nitrogens with zero attached hydrogens (tertiary/aromatic N) is 1. The van der Waals surface area contributed by atoms with E-state index >= 15 is 0 Å². The highest BCUT2D eigenvalue weighted by Crippen LogP contribution is 2.37. The molecule has 0 bridgehead atoms. The third kappa shape index (κ3) is 6.04. The number of allylic oxidation sites excluding steroid dienone is 1. The fourth-order valence-corrected chi connectivity index (χ4v) is 4.05. The first kappa shape index (κ1) is 24.1. The molecule has 172 valence electrons. The van der Waals surface area contributed by atoms with Crippen LogP contribution < -0.4 is 9.47 Å². The van der Waals surface area contributed by atoms with Gasteiger partial charge in [-0.3, -0.25) is 19.3 Å². The van der Waals surface area contributed by atoms with E-state index in [-0.39, 0.29) is 4.91 Å². The van der Waals surface area contributed by atoms with Gasteiger partial charge in [0.1, 0.15) is 13.2 Å². The Morgan fingerprint density at radius 1 is 1.15 bits per heavy atom. The normalized spacial score (nSPS) is 14.5. The van der Waals surface area contributed by atoms with Gasteiger partial charge in [0.05, 0.1) is 18.6 Å². The number of imide groups is 1. The molecule has 33 heavy (non-hydrogen) atoms. The Bertz CT molecular complexity index is 1080. The molecule has 2 aromatic carbocycles.